The van der Waals surface area contributed by atoms with Crippen molar-refractivity contribution in [3.8, 4) is 5.75 Å². The average molecular weight is 305 g/mol. The molecule has 1 amide bonds. The molecule has 0 radical (unpaired) electrons. The molecule has 3 rings (SSSR count). The summed E-state index contributed by atoms with van der Waals surface area (Å²) < 4.78 is 12.2. The molecule has 1 aliphatic carbocycles. The molecule has 0 bridgehead atoms. The van der Waals surface area contributed by atoms with E-state index in [0.29, 0.717) is 11.4 Å². The Morgan fingerprint density at radius 3 is 3.05 bits per heavy atom. The van der Waals surface area contributed by atoms with Crippen molar-refractivity contribution in [1.29, 1.82) is 0 Å². The largest absolute Gasteiger partial charge is 0.485 e. The minimum atomic E-state index is -0.0921. The molecule has 1 aliphatic rings. The summed E-state index contributed by atoms with van der Waals surface area (Å²) in [5.41, 5.74) is 1.21. The van der Waals surface area contributed by atoms with Gasteiger partial charge in [0.05, 0.1) is 24.9 Å². The molecule has 0 aliphatic heterocycles. The molecular formula is C14H19N5O3. The Bertz CT molecular complexity index is 650. The lowest BCUT2D eigenvalue weighted by atomic mass is 10.2. The first-order valence-corrected chi connectivity index (χ1v) is 7.34. The first-order valence-electron chi connectivity index (χ1n) is 7.34. The summed E-state index contributed by atoms with van der Waals surface area (Å²) in [6, 6.07) is 0.00729. The Kier molecular flexibility index (Phi) is 4.08. The minimum absolute atomic E-state index is 0.00729. The Hall–Kier alpha value is -2.38. The summed E-state index contributed by atoms with van der Waals surface area (Å²) in [6.07, 6.45) is 6.51. The Morgan fingerprint density at radius 1 is 1.50 bits per heavy atom. The summed E-state index contributed by atoms with van der Waals surface area (Å²) in [7, 11) is 1.84. The van der Waals surface area contributed by atoms with E-state index in [0.717, 1.165) is 25.0 Å². The number of hydrogen-bond acceptors (Lipinski definition) is 6. The standard InChI is InChI=1S/C14H19N5O3/c1-9-12(18-22-17-9)6-14(20)16-11-4-3-5-13(11)21-10-7-15-19(2)8-10/h7-8,11,13H,3-6H2,1-2H3,(H,16,20)/t11-,13+/m0/s1. The van der Waals surface area contributed by atoms with E-state index in [1.54, 1.807) is 17.8 Å². The van der Waals surface area contributed by atoms with Crippen molar-refractivity contribution < 1.29 is 14.2 Å². The lowest BCUT2D eigenvalue weighted by molar-refractivity contribution is -0.121. The fourth-order valence-electron chi connectivity index (χ4n) is 2.69. The molecular weight excluding hydrogens is 286 g/mol. The van der Waals surface area contributed by atoms with Gasteiger partial charge in [-0.3, -0.25) is 9.48 Å². The molecule has 118 valence electrons. The number of nitrogens with zero attached hydrogens (tertiary/aromatic N) is 4. The van der Waals surface area contributed by atoms with Gasteiger partial charge in [-0.15, -0.1) is 0 Å². The van der Waals surface area contributed by atoms with E-state index in [9.17, 15) is 4.79 Å². The van der Waals surface area contributed by atoms with Crippen LogP contribution >= 0.6 is 0 Å². The van der Waals surface area contributed by atoms with Gasteiger partial charge in [-0.2, -0.15) is 5.10 Å². The van der Waals surface area contributed by atoms with Crippen LogP contribution in [0, 0.1) is 6.92 Å². The maximum absolute atomic E-state index is 12.1. The van der Waals surface area contributed by atoms with Crippen LogP contribution in [0.1, 0.15) is 30.7 Å². The van der Waals surface area contributed by atoms with Gasteiger partial charge in [0.25, 0.3) is 0 Å². The number of carbonyl (C=O) groups is 1. The summed E-state index contributed by atoms with van der Waals surface area (Å²) in [5, 5.41) is 14.5. The summed E-state index contributed by atoms with van der Waals surface area (Å²) >= 11 is 0. The number of rotatable bonds is 5. The van der Waals surface area contributed by atoms with Crippen LogP contribution in [0.4, 0.5) is 0 Å². The number of aromatic nitrogens is 4. The predicted octanol–water partition coefficient (Wildman–Crippen LogP) is 0.770. The van der Waals surface area contributed by atoms with Crippen LogP contribution in [0.25, 0.3) is 0 Å². The van der Waals surface area contributed by atoms with E-state index in [-0.39, 0.29) is 24.5 Å². The second-order valence-corrected chi connectivity index (χ2v) is 5.58. The summed E-state index contributed by atoms with van der Waals surface area (Å²) in [4.78, 5) is 12.1. The molecule has 1 N–H and O–H groups in total. The average Bonchev–Trinajstić information content (AvgIpc) is 3.16. The van der Waals surface area contributed by atoms with Gasteiger partial charge < -0.3 is 10.1 Å². The lowest BCUT2D eigenvalue weighted by Crippen LogP contribution is -2.43. The quantitative estimate of drug-likeness (QED) is 0.876. The monoisotopic (exact) mass is 305 g/mol. The Morgan fingerprint density at radius 2 is 2.36 bits per heavy atom. The maximum Gasteiger partial charge on any atom is 0.226 e. The smallest absolute Gasteiger partial charge is 0.226 e. The maximum atomic E-state index is 12.1. The molecule has 8 heteroatoms. The minimum Gasteiger partial charge on any atom is -0.485 e. The zero-order chi connectivity index (χ0) is 15.5. The third-order valence-corrected chi connectivity index (χ3v) is 3.84. The molecule has 2 aromatic rings. The number of amides is 1. The topological polar surface area (TPSA) is 95.1 Å². The van der Waals surface area contributed by atoms with Gasteiger partial charge in [0.2, 0.25) is 5.91 Å². The second kappa shape index (κ2) is 6.17. The number of ether oxygens (including phenoxy) is 1. The number of aryl methyl sites for hydroxylation is 2. The highest BCUT2D eigenvalue weighted by Crippen LogP contribution is 2.24. The molecule has 2 aromatic heterocycles. The molecule has 2 heterocycles. The van der Waals surface area contributed by atoms with E-state index < -0.39 is 0 Å². The third-order valence-electron chi connectivity index (χ3n) is 3.84. The first kappa shape index (κ1) is 14.6. The highest BCUT2D eigenvalue weighted by atomic mass is 16.6. The SMILES string of the molecule is Cc1nonc1CC(=O)N[C@H]1CCC[C@H]1Oc1cnn(C)c1. The van der Waals surface area contributed by atoms with Gasteiger partial charge in [0.1, 0.15) is 17.5 Å². The van der Waals surface area contributed by atoms with Crippen molar-refractivity contribution in [3.05, 3.63) is 23.8 Å². The van der Waals surface area contributed by atoms with Gasteiger partial charge in [-0.05, 0) is 26.2 Å². The van der Waals surface area contributed by atoms with Gasteiger partial charge >= 0.3 is 0 Å². The highest BCUT2D eigenvalue weighted by Gasteiger charge is 2.30. The molecule has 1 saturated carbocycles. The molecule has 2 atom stereocenters. The fourth-order valence-corrected chi connectivity index (χ4v) is 2.69. The Labute approximate surface area is 127 Å². The van der Waals surface area contributed by atoms with E-state index in [1.807, 2.05) is 13.2 Å². The molecule has 0 saturated heterocycles. The van der Waals surface area contributed by atoms with E-state index >= 15 is 0 Å². The predicted molar refractivity (Wildman–Crippen MR) is 76.1 cm³/mol. The summed E-state index contributed by atoms with van der Waals surface area (Å²) in [6.45, 7) is 1.77. The van der Waals surface area contributed by atoms with Crippen LogP contribution in [0.3, 0.4) is 0 Å². The molecule has 1 fully saturated rings. The van der Waals surface area contributed by atoms with Gasteiger partial charge in [0, 0.05) is 7.05 Å². The first-order chi connectivity index (χ1) is 10.6. The van der Waals surface area contributed by atoms with Crippen molar-refractivity contribution in [2.24, 2.45) is 7.05 Å². The van der Waals surface area contributed by atoms with E-state index in [1.165, 1.54) is 0 Å². The van der Waals surface area contributed by atoms with Crippen LogP contribution in [0.5, 0.6) is 5.75 Å². The Balaban J connectivity index is 1.56. The van der Waals surface area contributed by atoms with Crippen LogP contribution < -0.4 is 10.1 Å². The molecule has 0 unspecified atom stereocenters. The zero-order valence-electron chi connectivity index (χ0n) is 12.7. The van der Waals surface area contributed by atoms with Crippen molar-refractivity contribution >= 4 is 5.91 Å². The van der Waals surface area contributed by atoms with Crippen molar-refractivity contribution in [2.75, 3.05) is 0 Å². The van der Waals surface area contributed by atoms with Crippen LogP contribution in [0.2, 0.25) is 0 Å². The lowest BCUT2D eigenvalue weighted by Gasteiger charge is -2.21. The van der Waals surface area contributed by atoms with Crippen molar-refractivity contribution in [3.63, 3.8) is 0 Å². The van der Waals surface area contributed by atoms with E-state index in [2.05, 4.69) is 25.4 Å². The van der Waals surface area contributed by atoms with Gasteiger partial charge in [-0.25, -0.2) is 4.63 Å². The van der Waals surface area contributed by atoms with Gasteiger partial charge in [-0.1, -0.05) is 10.3 Å². The number of carbonyl (C=O) groups excluding carboxylic acids is 1. The summed E-state index contributed by atoms with van der Waals surface area (Å²) in [5.74, 6) is 0.635. The molecule has 22 heavy (non-hydrogen) atoms. The van der Waals surface area contributed by atoms with Crippen LogP contribution in [-0.2, 0) is 18.3 Å². The third kappa shape index (κ3) is 3.26. The van der Waals surface area contributed by atoms with Crippen molar-refractivity contribution in [2.45, 2.75) is 44.8 Å². The molecule has 8 nitrogen and oxygen atoms in total. The second-order valence-electron chi connectivity index (χ2n) is 5.58. The zero-order valence-corrected chi connectivity index (χ0v) is 12.7. The molecule has 0 aromatic carbocycles. The van der Waals surface area contributed by atoms with Gasteiger partial charge in [0.15, 0.2) is 5.75 Å². The fraction of sp³-hybridized carbons (Fsp3) is 0.571. The number of nitrogens with one attached hydrogen (secondary N) is 1. The van der Waals surface area contributed by atoms with Crippen LogP contribution in [-0.4, -0.2) is 38.1 Å². The van der Waals surface area contributed by atoms with Crippen LogP contribution in [0.15, 0.2) is 17.0 Å². The normalized spacial score (nSPS) is 21.0. The highest BCUT2D eigenvalue weighted by molar-refractivity contribution is 5.78. The molecule has 0 spiro atoms. The van der Waals surface area contributed by atoms with E-state index in [4.69, 9.17) is 4.74 Å². The van der Waals surface area contributed by atoms with Crippen molar-refractivity contribution in [1.82, 2.24) is 25.4 Å². The number of hydrogen-bond donors (Lipinski definition) is 1.